The van der Waals surface area contributed by atoms with Crippen molar-refractivity contribution in [1.82, 2.24) is 14.7 Å². The lowest BCUT2D eigenvalue weighted by atomic mass is 10.1. The number of ether oxygens (including phenoxy) is 1. The molecule has 1 aliphatic heterocycles. The van der Waals surface area contributed by atoms with E-state index in [1.807, 2.05) is 0 Å². The van der Waals surface area contributed by atoms with Crippen molar-refractivity contribution >= 4 is 0 Å². The van der Waals surface area contributed by atoms with E-state index in [4.69, 9.17) is 4.74 Å². The molecule has 0 amide bonds. The molecule has 0 aromatic heterocycles. The number of rotatable bonds is 9. The molecule has 4 heteroatoms. The van der Waals surface area contributed by atoms with E-state index in [1.54, 1.807) is 0 Å². The third kappa shape index (κ3) is 12.8. The molecular formula is C23H49N3O. The molecule has 27 heavy (non-hydrogen) atoms. The molecule has 162 valence electrons. The molecule has 0 saturated carbocycles. The van der Waals surface area contributed by atoms with E-state index in [9.17, 15) is 0 Å². The lowest BCUT2D eigenvalue weighted by molar-refractivity contribution is -0.0120. The molecule has 0 unspecified atom stereocenters. The van der Waals surface area contributed by atoms with Gasteiger partial charge in [-0.05, 0) is 74.5 Å². The van der Waals surface area contributed by atoms with Crippen LogP contribution in [0.4, 0.5) is 0 Å². The first-order valence-corrected chi connectivity index (χ1v) is 11.4. The average Bonchev–Trinajstić information content (AvgIpc) is 2.66. The standard InChI is InChI=1S/C23H49N3O/c1-22(2,3)26(18-16-24(7)20-21-27-23(4,5)6)19-17-25-14-12-10-8-9-11-13-15-25/h8-21H2,1-7H3. The Morgan fingerprint density at radius 1 is 0.741 bits per heavy atom. The molecule has 4 nitrogen and oxygen atoms in total. The molecule has 1 rings (SSSR count). The number of likely N-dealkylation sites (N-methyl/N-ethyl adjacent to an activating group) is 1. The van der Waals surface area contributed by atoms with Gasteiger partial charge in [0.2, 0.25) is 0 Å². The fourth-order valence-corrected chi connectivity index (χ4v) is 3.67. The Morgan fingerprint density at radius 2 is 1.30 bits per heavy atom. The summed E-state index contributed by atoms with van der Waals surface area (Å²) >= 11 is 0. The number of nitrogens with zero attached hydrogens (tertiary/aromatic N) is 3. The van der Waals surface area contributed by atoms with E-state index in [2.05, 4.69) is 63.3 Å². The molecule has 0 aromatic rings. The van der Waals surface area contributed by atoms with Crippen molar-refractivity contribution in [3.05, 3.63) is 0 Å². The first-order chi connectivity index (χ1) is 12.6. The molecule has 0 aliphatic carbocycles. The summed E-state index contributed by atoms with van der Waals surface area (Å²) in [6.07, 6.45) is 8.47. The van der Waals surface area contributed by atoms with E-state index in [0.29, 0.717) is 0 Å². The lowest BCUT2D eigenvalue weighted by Crippen LogP contribution is -2.48. The van der Waals surface area contributed by atoms with E-state index in [-0.39, 0.29) is 11.1 Å². The fraction of sp³-hybridized carbons (Fsp3) is 1.00. The zero-order chi connectivity index (χ0) is 20.3. The molecular weight excluding hydrogens is 334 g/mol. The van der Waals surface area contributed by atoms with Crippen molar-refractivity contribution < 1.29 is 4.74 Å². The fourth-order valence-electron chi connectivity index (χ4n) is 3.67. The number of hydrogen-bond donors (Lipinski definition) is 0. The van der Waals surface area contributed by atoms with Crippen LogP contribution in [0.25, 0.3) is 0 Å². The van der Waals surface area contributed by atoms with Crippen LogP contribution in [0.3, 0.4) is 0 Å². The second-order valence-electron chi connectivity index (χ2n) is 10.4. The third-order valence-electron chi connectivity index (χ3n) is 5.59. The Hall–Kier alpha value is -0.160. The van der Waals surface area contributed by atoms with Crippen molar-refractivity contribution in [2.45, 2.75) is 91.2 Å². The van der Waals surface area contributed by atoms with Gasteiger partial charge in [-0.1, -0.05) is 25.7 Å². The van der Waals surface area contributed by atoms with Gasteiger partial charge in [-0.3, -0.25) is 4.90 Å². The largest absolute Gasteiger partial charge is 0.375 e. The molecule has 1 fully saturated rings. The normalized spacial score (nSPS) is 18.6. The maximum absolute atomic E-state index is 5.87. The molecule has 0 bridgehead atoms. The van der Waals surface area contributed by atoms with Crippen LogP contribution >= 0.6 is 0 Å². The number of hydrogen-bond acceptors (Lipinski definition) is 4. The van der Waals surface area contributed by atoms with Crippen LogP contribution in [0.2, 0.25) is 0 Å². The summed E-state index contributed by atoms with van der Waals surface area (Å²) in [5.74, 6) is 0. The summed E-state index contributed by atoms with van der Waals surface area (Å²) < 4.78 is 5.87. The van der Waals surface area contributed by atoms with Gasteiger partial charge in [0.25, 0.3) is 0 Å². The first-order valence-electron chi connectivity index (χ1n) is 11.4. The highest BCUT2D eigenvalue weighted by atomic mass is 16.5. The van der Waals surface area contributed by atoms with Crippen LogP contribution < -0.4 is 0 Å². The molecule has 0 spiro atoms. The zero-order valence-corrected chi connectivity index (χ0v) is 19.6. The minimum absolute atomic E-state index is 0.0385. The second kappa shape index (κ2) is 12.4. The Bertz CT molecular complexity index is 363. The van der Waals surface area contributed by atoms with Gasteiger partial charge in [0.05, 0.1) is 12.2 Å². The monoisotopic (exact) mass is 383 g/mol. The molecule has 0 atom stereocenters. The molecule has 0 radical (unpaired) electrons. The smallest absolute Gasteiger partial charge is 0.0600 e. The van der Waals surface area contributed by atoms with Crippen LogP contribution in [-0.4, -0.2) is 85.3 Å². The first kappa shape index (κ1) is 24.9. The molecule has 0 N–H and O–H groups in total. The highest BCUT2D eigenvalue weighted by Crippen LogP contribution is 2.15. The Labute approximate surface area is 170 Å². The van der Waals surface area contributed by atoms with Crippen LogP contribution in [0, 0.1) is 0 Å². The Morgan fingerprint density at radius 3 is 1.81 bits per heavy atom. The van der Waals surface area contributed by atoms with Gasteiger partial charge in [0.1, 0.15) is 0 Å². The topological polar surface area (TPSA) is 19.0 Å². The van der Waals surface area contributed by atoms with E-state index >= 15 is 0 Å². The van der Waals surface area contributed by atoms with Gasteiger partial charge in [-0.15, -0.1) is 0 Å². The van der Waals surface area contributed by atoms with E-state index in [1.165, 1.54) is 64.7 Å². The average molecular weight is 384 g/mol. The van der Waals surface area contributed by atoms with Gasteiger partial charge in [0.15, 0.2) is 0 Å². The predicted octanol–water partition coefficient (Wildman–Crippen LogP) is 4.49. The SMILES string of the molecule is CN(CCOC(C)(C)C)CCN(CCN1CCCCCCCC1)C(C)(C)C. The van der Waals surface area contributed by atoms with Crippen molar-refractivity contribution in [3.8, 4) is 0 Å². The van der Waals surface area contributed by atoms with Crippen molar-refractivity contribution in [3.63, 3.8) is 0 Å². The van der Waals surface area contributed by atoms with Crippen molar-refractivity contribution in [2.24, 2.45) is 0 Å². The van der Waals surface area contributed by atoms with E-state index < -0.39 is 0 Å². The maximum atomic E-state index is 5.87. The molecule has 1 saturated heterocycles. The van der Waals surface area contributed by atoms with Crippen LogP contribution in [-0.2, 0) is 4.74 Å². The Kier molecular flexibility index (Phi) is 11.4. The van der Waals surface area contributed by atoms with Crippen LogP contribution in [0.1, 0.15) is 80.1 Å². The van der Waals surface area contributed by atoms with Gasteiger partial charge in [0, 0.05) is 38.3 Å². The summed E-state index contributed by atoms with van der Waals surface area (Å²) in [4.78, 5) is 7.79. The lowest BCUT2D eigenvalue weighted by Gasteiger charge is -2.38. The summed E-state index contributed by atoms with van der Waals surface area (Å²) in [5, 5.41) is 0. The summed E-state index contributed by atoms with van der Waals surface area (Å²) in [5.41, 5.74) is 0.186. The van der Waals surface area contributed by atoms with Crippen molar-refractivity contribution in [1.29, 1.82) is 0 Å². The van der Waals surface area contributed by atoms with Gasteiger partial charge >= 0.3 is 0 Å². The van der Waals surface area contributed by atoms with Gasteiger partial charge < -0.3 is 14.5 Å². The summed E-state index contributed by atoms with van der Waals surface area (Å²) in [7, 11) is 2.22. The van der Waals surface area contributed by atoms with E-state index in [0.717, 1.165) is 26.2 Å². The minimum Gasteiger partial charge on any atom is -0.375 e. The maximum Gasteiger partial charge on any atom is 0.0600 e. The highest BCUT2D eigenvalue weighted by Gasteiger charge is 2.22. The minimum atomic E-state index is -0.0385. The predicted molar refractivity (Wildman–Crippen MR) is 119 cm³/mol. The second-order valence-corrected chi connectivity index (χ2v) is 10.4. The third-order valence-corrected chi connectivity index (χ3v) is 5.59. The quantitative estimate of drug-likeness (QED) is 0.584. The highest BCUT2D eigenvalue weighted by molar-refractivity contribution is 4.78. The van der Waals surface area contributed by atoms with Crippen LogP contribution in [0.5, 0.6) is 0 Å². The summed E-state index contributed by atoms with van der Waals surface area (Å²) in [6, 6.07) is 0. The molecule has 1 aliphatic rings. The Balaban J connectivity index is 2.39. The van der Waals surface area contributed by atoms with Crippen LogP contribution in [0.15, 0.2) is 0 Å². The van der Waals surface area contributed by atoms with Gasteiger partial charge in [-0.2, -0.15) is 0 Å². The van der Waals surface area contributed by atoms with Gasteiger partial charge in [-0.25, -0.2) is 0 Å². The summed E-state index contributed by atoms with van der Waals surface area (Å²) in [6.45, 7) is 22.5. The zero-order valence-electron chi connectivity index (χ0n) is 19.6. The molecule has 0 aromatic carbocycles. The molecule has 1 heterocycles. The van der Waals surface area contributed by atoms with Crippen molar-refractivity contribution in [2.75, 3.05) is 59.5 Å².